The van der Waals surface area contributed by atoms with Crippen LogP contribution in [-0.4, -0.2) is 20.2 Å². The van der Waals surface area contributed by atoms with E-state index in [0.29, 0.717) is 0 Å². The van der Waals surface area contributed by atoms with Crippen molar-refractivity contribution in [3.63, 3.8) is 0 Å². The van der Waals surface area contributed by atoms with E-state index in [1.165, 1.54) is 22.3 Å². The van der Waals surface area contributed by atoms with Crippen LogP contribution in [0.2, 0.25) is 0 Å². The van der Waals surface area contributed by atoms with Crippen LogP contribution in [-0.2, 0) is 5.75 Å². The van der Waals surface area contributed by atoms with Crippen LogP contribution in [0.1, 0.15) is 22.3 Å². The molecule has 4 nitrogen and oxygen atoms in total. The molecule has 3 rings (SSSR count). The Bertz CT molecular complexity index is 778. The van der Waals surface area contributed by atoms with Crippen molar-refractivity contribution < 1.29 is 0 Å². The monoisotopic (exact) mass is 310 g/mol. The molecule has 0 aliphatic heterocycles. The highest BCUT2D eigenvalue weighted by atomic mass is 32.2. The number of rotatable bonds is 4. The Balaban J connectivity index is 1.79. The molecule has 0 atom stereocenters. The van der Waals surface area contributed by atoms with Gasteiger partial charge in [0.15, 0.2) is 0 Å². The number of thioether (sulfide) groups is 1. The Kier molecular flexibility index (Phi) is 4.24. The van der Waals surface area contributed by atoms with Gasteiger partial charge in [0.05, 0.1) is 5.69 Å². The van der Waals surface area contributed by atoms with Crippen LogP contribution < -0.4 is 0 Å². The zero-order valence-electron chi connectivity index (χ0n) is 12.9. The Morgan fingerprint density at radius 2 is 1.73 bits per heavy atom. The maximum atomic E-state index is 4.14. The summed E-state index contributed by atoms with van der Waals surface area (Å²) in [7, 11) is 0. The first-order chi connectivity index (χ1) is 10.6. The predicted molar refractivity (Wildman–Crippen MR) is 89.4 cm³/mol. The summed E-state index contributed by atoms with van der Waals surface area (Å²) in [5.41, 5.74) is 6.05. The quantitative estimate of drug-likeness (QED) is 0.686. The summed E-state index contributed by atoms with van der Waals surface area (Å²) < 4.78 is 1.80. The molecule has 0 saturated carbocycles. The zero-order chi connectivity index (χ0) is 15.5. The molecule has 0 aliphatic rings. The second-order valence-corrected chi connectivity index (χ2v) is 6.36. The number of benzene rings is 2. The lowest BCUT2D eigenvalue weighted by Gasteiger charge is -2.07. The van der Waals surface area contributed by atoms with Gasteiger partial charge in [-0.3, -0.25) is 0 Å². The summed E-state index contributed by atoms with van der Waals surface area (Å²) in [5.74, 6) is 0.853. The van der Waals surface area contributed by atoms with Crippen LogP contribution in [0, 0.1) is 20.8 Å². The summed E-state index contributed by atoms with van der Waals surface area (Å²) in [6, 6.07) is 14.8. The van der Waals surface area contributed by atoms with E-state index in [9.17, 15) is 0 Å². The van der Waals surface area contributed by atoms with E-state index in [2.05, 4.69) is 78.8 Å². The average molecular weight is 310 g/mol. The van der Waals surface area contributed by atoms with Crippen LogP contribution >= 0.6 is 11.8 Å². The number of nitrogens with zero attached hydrogens (tertiary/aromatic N) is 4. The van der Waals surface area contributed by atoms with Crippen molar-refractivity contribution >= 4 is 11.8 Å². The van der Waals surface area contributed by atoms with Crippen molar-refractivity contribution in [2.75, 3.05) is 0 Å². The molecule has 3 aromatic rings. The first-order valence-corrected chi connectivity index (χ1v) is 8.16. The number of hydrogen-bond acceptors (Lipinski definition) is 4. The molecule has 0 fully saturated rings. The fourth-order valence-corrected chi connectivity index (χ4v) is 2.97. The fourth-order valence-electron chi connectivity index (χ4n) is 2.12. The summed E-state index contributed by atoms with van der Waals surface area (Å²) in [6.45, 7) is 6.30. The van der Waals surface area contributed by atoms with Crippen molar-refractivity contribution in [3.8, 4) is 5.69 Å². The highest BCUT2D eigenvalue weighted by molar-refractivity contribution is 7.98. The lowest BCUT2D eigenvalue weighted by molar-refractivity contribution is 0.755. The summed E-state index contributed by atoms with van der Waals surface area (Å²) >= 11 is 1.64. The SMILES string of the molecule is Cc1ccc(CSc2nnnn2-c2ccc(C)c(C)c2)cc1. The summed E-state index contributed by atoms with van der Waals surface area (Å²) in [6.07, 6.45) is 0. The van der Waals surface area contributed by atoms with Gasteiger partial charge in [0.2, 0.25) is 5.16 Å². The van der Waals surface area contributed by atoms with Gasteiger partial charge < -0.3 is 0 Å². The van der Waals surface area contributed by atoms with Crippen LogP contribution in [0.5, 0.6) is 0 Å². The molecule has 0 radical (unpaired) electrons. The third-order valence-electron chi connectivity index (χ3n) is 3.66. The van der Waals surface area contributed by atoms with Crippen molar-refractivity contribution in [2.45, 2.75) is 31.7 Å². The Hall–Kier alpha value is -2.14. The number of tetrazole rings is 1. The van der Waals surface area contributed by atoms with Gasteiger partial charge in [-0.05, 0) is 60.0 Å². The molecule has 0 aliphatic carbocycles. The molecule has 1 heterocycles. The molecule has 22 heavy (non-hydrogen) atoms. The van der Waals surface area contributed by atoms with Gasteiger partial charge in [-0.1, -0.05) is 47.7 Å². The minimum Gasteiger partial charge on any atom is -0.187 e. The smallest absolute Gasteiger partial charge is 0.187 e. The van der Waals surface area contributed by atoms with E-state index in [1.807, 2.05) is 0 Å². The minimum absolute atomic E-state index is 0.809. The maximum absolute atomic E-state index is 4.14. The van der Waals surface area contributed by atoms with Crippen LogP contribution in [0.15, 0.2) is 47.6 Å². The van der Waals surface area contributed by atoms with Gasteiger partial charge in [-0.2, -0.15) is 4.68 Å². The molecule has 0 spiro atoms. The lowest BCUT2D eigenvalue weighted by Crippen LogP contribution is -2.00. The van der Waals surface area contributed by atoms with E-state index in [0.717, 1.165) is 16.6 Å². The fraction of sp³-hybridized carbons (Fsp3) is 0.235. The normalized spacial score (nSPS) is 10.9. The van der Waals surface area contributed by atoms with Crippen LogP contribution in [0.3, 0.4) is 0 Å². The van der Waals surface area contributed by atoms with Crippen LogP contribution in [0.4, 0.5) is 0 Å². The molecule has 0 saturated heterocycles. The molecule has 0 bridgehead atoms. The van der Waals surface area contributed by atoms with Crippen molar-refractivity contribution in [1.82, 2.24) is 20.2 Å². The first kappa shape index (κ1) is 14.8. The van der Waals surface area contributed by atoms with Gasteiger partial charge in [0, 0.05) is 5.75 Å². The summed E-state index contributed by atoms with van der Waals surface area (Å²) in [5, 5.41) is 12.9. The average Bonchev–Trinajstić information content (AvgIpc) is 2.98. The first-order valence-electron chi connectivity index (χ1n) is 7.18. The number of aryl methyl sites for hydroxylation is 3. The lowest BCUT2D eigenvalue weighted by atomic mass is 10.1. The molecule has 5 heteroatoms. The van der Waals surface area contributed by atoms with Crippen molar-refractivity contribution in [1.29, 1.82) is 0 Å². The molecule has 0 N–H and O–H groups in total. The molecular formula is C17H18N4S. The van der Waals surface area contributed by atoms with E-state index in [1.54, 1.807) is 16.4 Å². The largest absolute Gasteiger partial charge is 0.214 e. The highest BCUT2D eigenvalue weighted by Gasteiger charge is 2.10. The third kappa shape index (κ3) is 3.20. The van der Waals surface area contributed by atoms with Gasteiger partial charge in [0.25, 0.3) is 0 Å². The highest BCUT2D eigenvalue weighted by Crippen LogP contribution is 2.23. The molecule has 0 unspecified atom stereocenters. The summed E-state index contributed by atoms with van der Waals surface area (Å²) in [4.78, 5) is 0. The Morgan fingerprint density at radius 1 is 0.955 bits per heavy atom. The number of aromatic nitrogens is 4. The van der Waals surface area contributed by atoms with Gasteiger partial charge in [0.1, 0.15) is 0 Å². The Morgan fingerprint density at radius 3 is 2.45 bits per heavy atom. The van der Waals surface area contributed by atoms with Crippen molar-refractivity contribution in [2.24, 2.45) is 0 Å². The molecule has 112 valence electrons. The van der Waals surface area contributed by atoms with Gasteiger partial charge >= 0.3 is 0 Å². The number of hydrogen-bond donors (Lipinski definition) is 0. The molecule has 1 aromatic heterocycles. The van der Waals surface area contributed by atoms with E-state index in [4.69, 9.17) is 0 Å². The van der Waals surface area contributed by atoms with Crippen molar-refractivity contribution in [3.05, 3.63) is 64.7 Å². The molecule has 0 amide bonds. The van der Waals surface area contributed by atoms with Crippen LogP contribution in [0.25, 0.3) is 5.69 Å². The standard InChI is InChI=1S/C17H18N4S/c1-12-4-7-15(8-5-12)11-22-17-18-19-20-21(17)16-9-6-13(2)14(3)10-16/h4-10H,11H2,1-3H3. The topological polar surface area (TPSA) is 43.6 Å². The zero-order valence-corrected chi connectivity index (χ0v) is 13.8. The second-order valence-electron chi connectivity index (χ2n) is 5.42. The minimum atomic E-state index is 0.809. The van der Waals surface area contributed by atoms with E-state index >= 15 is 0 Å². The van der Waals surface area contributed by atoms with E-state index < -0.39 is 0 Å². The van der Waals surface area contributed by atoms with E-state index in [-0.39, 0.29) is 0 Å². The van der Waals surface area contributed by atoms with Gasteiger partial charge in [-0.15, -0.1) is 5.10 Å². The molecule has 2 aromatic carbocycles. The van der Waals surface area contributed by atoms with Gasteiger partial charge in [-0.25, -0.2) is 0 Å². The molecular weight excluding hydrogens is 292 g/mol. The maximum Gasteiger partial charge on any atom is 0.214 e. The Labute approximate surface area is 134 Å². The predicted octanol–water partition coefficient (Wildman–Crippen LogP) is 3.88. The third-order valence-corrected chi connectivity index (χ3v) is 4.65. The second kappa shape index (κ2) is 6.32.